The van der Waals surface area contributed by atoms with E-state index in [9.17, 15) is 14.3 Å². The first kappa shape index (κ1) is 30.3. The fourth-order valence-electron chi connectivity index (χ4n) is 6.03. The third kappa shape index (κ3) is 7.16. The third-order valence-electron chi connectivity index (χ3n) is 8.62. The zero-order chi connectivity index (χ0) is 29.9. The van der Waals surface area contributed by atoms with Crippen molar-refractivity contribution in [3.63, 3.8) is 0 Å². The predicted octanol–water partition coefficient (Wildman–Crippen LogP) is 3.38. The molecule has 1 saturated heterocycles. The van der Waals surface area contributed by atoms with E-state index < -0.39 is 5.97 Å². The summed E-state index contributed by atoms with van der Waals surface area (Å²) in [6.45, 7) is 3.74. The van der Waals surface area contributed by atoms with Crippen LogP contribution in [0.25, 0.3) is 0 Å². The van der Waals surface area contributed by atoms with Crippen molar-refractivity contribution in [3.8, 4) is 5.88 Å². The molecule has 2 aliphatic heterocycles. The number of nitrogens with zero attached hydrogens (tertiary/aromatic N) is 3. The maximum atomic E-state index is 14.2. The Bertz CT molecular complexity index is 1510. The summed E-state index contributed by atoms with van der Waals surface area (Å²) >= 11 is 5.53. The summed E-state index contributed by atoms with van der Waals surface area (Å²) in [6.07, 6.45) is 4.39. The van der Waals surface area contributed by atoms with E-state index in [2.05, 4.69) is 19.9 Å². The fraction of sp³-hybridized carbons (Fsp3) is 0.394. The normalized spacial score (nSPS) is 20.9. The molecule has 0 bridgehead atoms. The van der Waals surface area contributed by atoms with E-state index in [0.29, 0.717) is 40.0 Å². The van der Waals surface area contributed by atoms with Gasteiger partial charge in [-0.15, -0.1) is 0 Å². The first-order valence-electron chi connectivity index (χ1n) is 14.6. The van der Waals surface area contributed by atoms with E-state index >= 15 is 0 Å². The average molecular weight is 719 g/mol. The van der Waals surface area contributed by atoms with Gasteiger partial charge in [0.25, 0.3) is 0 Å². The number of hydrogen-bond acceptors (Lipinski definition) is 6. The molecule has 1 aliphatic carbocycles. The summed E-state index contributed by atoms with van der Waals surface area (Å²) in [6, 6.07) is 16.0. The molecule has 1 N–H and O–H groups in total. The molecule has 0 unspecified atom stereocenters. The van der Waals surface area contributed by atoms with Crippen molar-refractivity contribution in [2.45, 2.75) is 44.3 Å². The number of aromatic nitrogens is 1. The van der Waals surface area contributed by atoms with E-state index in [1.807, 2.05) is 24.3 Å². The first-order valence-corrected chi connectivity index (χ1v) is 17.3. The van der Waals surface area contributed by atoms with E-state index in [-0.39, 0.29) is 33.6 Å². The standard InChI is InChI=1S/C33H35ClFIN3O4/c1-42-27-13-21(14-27)18-39-26(17-36-29-8-6-23(33(40)41)15-31(29)39)19-38-11-9-22(10-12-38)30-3-2-4-32(37-30)43-20-24-5-7-25(34)16-28(24)35/h2-8,15-17,21-22,27H,9-14,18-20H2,1H3,(H,40,41)/q-1. The topological polar surface area (TPSA) is 75.1 Å². The van der Waals surface area contributed by atoms with E-state index in [0.717, 1.165) is 63.2 Å². The van der Waals surface area contributed by atoms with Gasteiger partial charge in [0.15, 0.2) is 0 Å². The van der Waals surface area contributed by atoms with Gasteiger partial charge in [0.1, 0.15) is 5.82 Å². The first-order chi connectivity index (χ1) is 20.9. The van der Waals surface area contributed by atoms with Crippen LogP contribution < -0.4 is 30.8 Å². The molecular formula is C33H35ClFIN3O4-. The molecule has 0 atom stereocenters. The molecule has 43 heavy (non-hydrogen) atoms. The Balaban J connectivity index is 1.08. The number of benzene rings is 2. The molecule has 0 spiro atoms. The van der Waals surface area contributed by atoms with Gasteiger partial charge in [-0.1, -0.05) is 17.7 Å². The van der Waals surface area contributed by atoms with Crippen LogP contribution in [0.2, 0.25) is 5.02 Å². The van der Waals surface area contributed by atoms with Gasteiger partial charge >= 0.3 is 217 Å². The molecule has 7 nitrogen and oxygen atoms in total. The minimum atomic E-state index is -0.887. The number of methoxy groups -OCH3 is 1. The van der Waals surface area contributed by atoms with Crippen LogP contribution in [-0.2, 0) is 11.3 Å². The van der Waals surface area contributed by atoms with Crippen molar-refractivity contribution in [2.75, 3.05) is 38.2 Å². The summed E-state index contributed by atoms with van der Waals surface area (Å²) in [5, 5.41) is 10.0. The summed E-state index contributed by atoms with van der Waals surface area (Å²) < 4.78 is 29.2. The Morgan fingerprint density at radius 3 is 2.70 bits per heavy atom. The number of carboxylic acids is 1. The second-order valence-corrected chi connectivity index (χ2v) is 14.3. The molecule has 6 rings (SSSR count). The zero-order valence-corrected chi connectivity index (χ0v) is 26.9. The third-order valence-corrected chi connectivity index (χ3v) is 11.5. The van der Waals surface area contributed by atoms with Crippen LogP contribution in [0.1, 0.15) is 53.2 Å². The Morgan fingerprint density at radius 1 is 1.14 bits per heavy atom. The number of carbonyl (C=O) groups is 1. The SMILES string of the molecule is COC1CC(CN2C(CN3CCC(c4cccc(OCc5ccc(Cl)cc5F)n4)CC3)=C[I-]c3ccc(C(=O)O)cc32)C1. The van der Waals surface area contributed by atoms with Crippen LogP contribution in [0.3, 0.4) is 0 Å². The van der Waals surface area contributed by atoms with Crippen molar-refractivity contribution in [2.24, 2.45) is 5.92 Å². The van der Waals surface area contributed by atoms with Crippen LogP contribution in [0.5, 0.6) is 5.88 Å². The quantitative estimate of drug-likeness (QED) is 0.323. The number of halogens is 3. The molecule has 0 radical (unpaired) electrons. The van der Waals surface area contributed by atoms with Crippen LogP contribution in [0.15, 0.2) is 64.4 Å². The number of aromatic carboxylic acids is 1. The summed E-state index contributed by atoms with van der Waals surface area (Å²) in [5.74, 6) is 0.0846. The van der Waals surface area contributed by atoms with Gasteiger partial charge in [-0.25, -0.2) is 4.39 Å². The summed E-state index contributed by atoms with van der Waals surface area (Å²) in [7, 11) is 1.77. The Labute approximate surface area is 266 Å². The molecule has 1 saturated carbocycles. The molecule has 3 aliphatic rings. The van der Waals surface area contributed by atoms with Crippen LogP contribution in [-0.4, -0.2) is 60.4 Å². The molecule has 10 heteroatoms. The molecule has 3 heterocycles. The summed E-state index contributed by atoms with van der Waals surface area (Å²) in [5.41, 5.74) is 4.16. The molecule has 228 valence electrons. The van der Waals surface area contributed by atoms with Gasteiger partial charge in [0.05, 0.1) is 0 Å². The Hall–Kier alpha value is -2.73. The number of fused-ring (bicyclic) bond motifs is 1. The Kier molecular flexibility index (Phi) is 9.51. The molecule has 3 aromatic rings. The monoisotopic (exact) mass is 718 g/mol. The molecule has 0 amide bonds. The number of anilines is 1. The van der Waals surface area contributed by atoms with Gasteiger partial charge in [-0.2, -0.15) is 0 Å². The second kappa shape index (κ2) is 13.5. The fourth-order valence-corrected chi connectivity index (χ4v) is 8.58. The van der Waals surface area contributed by atoms with E-state index in [4.69, 9.17) is 26.1 Å². The molecule has 2 aromatic carbocycles. The van der Waals surface area contributed by atoms with E-state index in [1.165, 1.54) is 15.3 Å². The predicted molar refractivity (Wildman–Crippen MR) is 159 cm³/mol. The van der Waals surface area contributed by atoms with Crippen LogP contribution in [0, 0.1) is 15.3 Å². The van der Waals surface area contributed by atoms with Gasteiger partial charge in [0.2, 0.25) is 0 Å². The number of likely N-dealkylation sites (tertiary alicyclic amines) is 1. The van der Waals surface area contributed by atoms with E-state index in [1.54, 1.807) is 25.3 Å². The van der Waals surface area contributed by atoms with Crippen LogP contribution in [0.4, 0.5) is 10.1 Å². The number of piperidine rings is 1. The molecule has 2 fully saturated rings. The van der Waals surface area contributed by atoms with Crippen molar-refractivity contribution in [1.82, 2.24) is 9.88 Å². The van der Waals surface area contributed by atoms with Gasteiger partial charge in [-0.05, 0) is 12.1 Å². The number of rotatable bonds is 10. The molecular weight excluding hydrogens is 684 g/mol. The number of carboxylic acid groups (broad SMARTS) is 1. The molecule has 1 aromatic heterocycles. The summed E-state index contributed by atoms with van der Waals surface area (Å²) in [4.78, 5) is 21.4. The van der Waals surface area contributed by atoms with Crippen molar-refractivity contribution in [1.29, 1.82) is 0 Å². The van der Waals surface area contributed by atoms with Crippen molar-refractivity contribution in [3.05, 3.63) is 95.6 Å². The van der Waals surface area contributed by atoms with Gasteiger partial charge in [-0.3, -0.25) is 0 Å². The minimum absolute atomic E-state index is 0.0935. The van der Waals surface area contributed by atoms with Gasteiger partial charge < -0.3 is 0 Å². The average Bonchev–Trinajstić information content (AvgIpc) is 2.99. The van der Waals surface area contributed by atoms with Crippen molar-refractivity contribution < 1.29 is 45.0 Å². The van der Waals surface area contributed by atoms with Crippen molar-refractivity contribution >= 4 is 23.3 Å². The zero-order valence-electron chi connectivity index (χ0n) is 24.0. The number of pyridine rings is 1. The Morgan fingerprint density at radius 2 is 1.95 bits per heavy atom. The van der Waals surface area contributed by atoms with Crippen LogP contribution >= 0.6 is 11.6 Å². The number of hydrogen-bond donors (Lipinski definition) is 1. The number of ether oxygens (including phenoxy) is 2. The van der Waals surface area contributed by atoms with Gasteiger partial charge in [0, 0.05) is 10.6 Å². The second-order valence-electron chi connectivity index (χ2n) is 11.5. The maximum absolute atomic E-state index is 14.2.